The van der Waals surface area contributed by atoms with Gasteiger partial charge >= 0.3 is 5.97 Å². The number of carboxylic acid groups (broad SMARTS) is 1. The second-order valence-corrected chi connectivity index (χ2v) is 5.16. The molecule has 2 aromatic heterocycles. The molecule has 0 fully saturated rings. The van der Waals surface area contributed by atoms with E-state index in [1.165, 1.54) is 11.3 Å². The summed E-state index contributed by atoms with van der Waals surface area (Å²) in [6, 6.07) is 0. The van der Waals surface area contributed by atoms with Crippen LogP contribution in [-0.2, 0) is 4.79 Å². The second-order valence-electron chi connectivity index (χ2n) is 4.28. The van der Waals surface area contributed by atoms with Crippen molar-refractivity contribution >= 4 is 34.2 Å². The van der Waals surface area contributed by atoms with Gasteiger partial charge in [0.1, 0.15) is 0 Å². The van der Waals surface area contributed by atoms with E-state index >= 15 is 0 Å². The predicted molar refractivity (Wildman–Crippen MR) is 82.4 cm³/mol. The van der Waals surface area contributed by atoms with Gasteiger partial charge in [0.2, 0.25) is 0 Å². The van der Waals surface area contributed by atoms with Crippen LogP contribution in [0.25, 0.3) is 11.0 Å². The number of carbonyl (C=O) groups is 1. The summed E-state index contributed by atoms with van der Waals surface area (Å²) in [6.07, 6.45) is 7.45. The van der Waals surface area contributed by atoms with Crippen LogP contribution in [-0.4, -0.2) is 33.6 Å². The van der Waals surface area contributed by atoms with Crippen LogP contribution in [0.15, 0.2) is 30.3 Å². The first-order chi connectivity index (χ1) is 9.67. The normalized spacial score (nSPS) is 11.2. The molecule has 0 saturated heterocycles. The lowest BCUT2D eigenvalue weighted by Crippen LogP contribution is -2.25. The van der Waals surface area contributed by atoms with Gasteiger partial charge in [-0.15, -0.1) is 17.9 Å². The molecule has 20 heavy (non-hydrogen) atoms. The number of nitrogens with zero attached hydrogens (tertiary/aromatic N) is 3. The fourth-order valence-electron chi connectivity index (χ4n) is 2.04. The van der Waals surface area contributed by atoms with E-state index in [0.29, 0.717) is 6.54 Å². The number of thiazole rings is 1. The van der Waals surface area contributed by atoms with Gasteiger partial charge in [0.05, 0.1) is 5.69 Å². The molecule has 2 rings (SSSR count). The quantitative estimate of drug-likeness (QED) is 0.629. The molecule has 0 aliphatic rings. The highest BCUT2D eigenvalue weighted by atomic mass is 32.1. The maximum atomic E-state index is 10.8. The standard InChI is InChI=1S/C14H17N3O2S/c1-3-7-16(8-4-2)13-11(5-6-12(18)19)17-9-10-20-14(17)15-13/h3,5-6,9-10H,1,4,7-8H2,2H3,(H,18,19)/b6-5+. The number of anilines is 1. The van der Waals surface area contributed by atoms with Gasteiger partial charge in [0.15, 0.2) is 10.8 Å². The molecule has 0 amide bonds. The summed E-state index contributed by atoms with van der Waals surface area (Å²) in [5, 5.41) is 10.8. The first-order valence-electron chi connectivity index (χ1n) is 6.39. The lowest BCUT2D eigenvalue weighted by molar-refractivity contribution is -0.131. The summed E-state index contributed by atoms with van der Waals surface area (Å²) in [5.74, 6) is -0.164. The summed E-state index contributed by atoms with van der Waals surface area (Å²) < 4.78 is 1.91. The number of aliphatic carboxylic acids is 1. The average molecular weight is 291 g/mol. The molecule has 2 heterocycles. The fraction of sp³-hybridized carbons (Fsp3) is 0.286. The molecule has 5 nitrogen and oxygen atoms in total. The van der Waals surface area contributed by atoms with E-state index in [2.05, 4.69) is 23.4 Å². The zero-order valence-electron chi connectivity index (χ0n) is 11.3. The third-order valence-electron chi connectivity index (χ3n) is 2.81. The van der Waals surface area contributed by atoms with E-state index in [0.717, 1.165) is 35.5 Å². The molecule has 0 spiro atoms. The Morgan fingerprint density at radius 2 is 2.45 bits per heavy atom. The van der Waals surface area contributed by atoms with Gasteiger partial charge in [-0.2, -0.15) is 0 Å². The highest BCUT2D eigenvalue weighted by molar-refractivity contribution is 7.15. The van der Waals surface area contributed by atoms with Crippen molar-refractivity contribution in [2.45, 2.75) is 13.3 Å². The molecule has 2 aromatic rings. The van der Waals surface area contributed by atoms with Crippen molar-refractivity contribution in [3.8, 4) is 0 Å². The van der Waals surface area contributed by atoms with Crippen LogP contribution in [0.1, 0.15) is 19.0 Å². The number of imidazole rings is 1. The van der Waals surface area contributed by atoms with Crippen molar-refractivity contribution < 1.29 is 9.90 Å². The highest BCUT2D eigenvalue weighted by Crippen LogP contribution is 2.26. The van der Waals surface area contributed by atoms with Crippen molar-refractivity contribution in [2.24, 2.45) is 0 Å². The molecular formula is C14H17N3O2S. The molecule has 0 radical (unpaired) electrons. The molecule has 6 heteroatoms. The Morgan fingerprint density at radius 3 is 3.10 bits per heavy atom. The van der Waals surface area contributed by atoms with E-state index in [-0.39, 0.29) is 0 Å². The largest absolute Gasteiger partial charge is 0.478 e. The fourth-order valence-corrected chi connectivity index (χ4v) is 2.76. The zero-order chi connectivity index (χ0) is 14.5. The molecule has 1 N–H and O–H groups in total. The lowest BCUT2D eigenvalue weighted by atomic mass is 10.3. The first kappa shape index (κ1) is 14.3. The molecule has 0 aromatic carbocycles. The SMILES string of the molecule is C=CCN(CCC)c1nc2sccn2c1/C=C/C(=O)O. The zero-order valence-corrected chi connectivity index (χ0v) is 12.1. The summed E-state index contributed by atoms with van der Waals surface area (Å²) in [4.78, 5) is 18.3. The number of aromatic nitrogens is 2. The van der Waals surface area contributed by atoms with Crippen molar-refractivity contribution in [1.82, 2.24) is 9.38 Å². The van der Waals surface area contributed by atoms with E-state index in [1.807, 2.05) is 22.1 Å². The maximum absolute atomic E-state index is 10.8. The Morgan fingerprint density at radius 1 is 1.65 bits per heavy atom. The predicted octanol–water partition coefficient (Wildman–Crippen LogP) is 2.90. The Labute approximate surface area is 121 Å². The summed E-state index contributed by atoms with van der Waals surface area (Å²) >= 11 is 1.53. The second kappa shape index (κ2) is 6.38. The van der Waals surface area contributed by atoms with Gasteiger partial charge in [-0.3, -0.25) is 4.40 Å². The third kappa shape index (κ3) is 2.91. The topological polar surface area (TPSA) is 57.8 Å². The minimum atomic E-state index is -0.966. The third-order valence-corrected chi connectivity index (χ3v) is 3.56. The van der Waals surface area contributed by atoms with Gasteiger partial charge in [-0.25, -0.2) is 9.78 Å². The van der Waals surface area contributed by atoms with Crippen molar-refractivity contribution in [1.29, 1.82) is 0 Å². The first-order valence-corrected chi connectivity index (χ1v) is 7.27. The van der Waals surface area contributed by atoms with Crippen LogP contribution >= 0.6 is 11.3 Å². The van der Waals surface area contributed by atoms with Crippen LogP contribution in [0.2, 0.25) is 0 Å². The smallest absolute Gasteiger partial charge is 0.328 e. The molecule has 0 bridgehead atoms. The van der Waals surface area contributed by atoms with E-state index in [1.54, 1.807) is 6.08 Å². The van der Waals surface area contributed by atoms with Gasteiger partial charge in [-0.05, 0) is 12.5 Å². The molecule has 0 aliphatic heterocycles. The summed E-state index contributed by atoms with van der Waals surface area (Å²) in [5.41, 5.74) is 0.791. The number of fused-ring (bicyclic) bond motifs is 1. The van der Waals surface area contributed by atoms with Crippen LogP contribution in [0.5, 0.6) is 0 Å². The minimum absolute atomic E-state index is 0.687. The average Bonchev–Trinajstić information content (AvgIpc) is 2.96. The van der Waals surface area contributed by atoms with Crippen LogP contribution in [0, 0.1) is 0 Å². The number of rotatable bonds is 7. The van der Waals surface area contributed by atoms with Gasteiger partial charge < -0.3 is 10.0 Å². The Balaban J connectivity index is 2.49. The van der Waals surface area contributed by atoms with Crippen molar-refractivity contribution in [2.75, 3.05) is 18.0 Å². The number of hydrogen-bond acceptors (Lipinski definition) is 4. The van der Waals surface area contributed by atoms with Crippen LogP contribution < -0.4 is 4.90 Å². The highest BCUT2D eigenvalue weighted by Gasteiger charge is 2.16. The Hall–Kier alpha value is -2.08. The van der Waals surface area contributed by atoms with E-state index in [4.69, 9.17) is 5.11 Å². The lowest BCUT2D eigenvalue weighted by Gasteiger charge is -2.20. The molecule has 0 saturated carbocycles. The van der Waals surface area contributed by atoms with Gasteiger partial charge in [0, 0.05) is 30.7 Å². The maximum Gasteiger partial charge on any atom is 0.328 e. The van der Waals surface area contributed by atoms with Crippen LogP contribution in [0.3, 0.4) is 0 Å². The van der Waals surface area contributed by atoms with Crippen molar-refractivity contribution in [3.05, 3.63) is 36.0 Å². The minimum Gasteiger partial charge on any atom is -0.478 e. The Kier molecular flexibility index (Phi) is 4.57. The molecule has 106 valence electrons. The Bertz CT molecular complexity index is 642. The summed E-state index contributed by atoms with van der Waals surface area (Å²) in [7, 11) is 0. The molecule has 0 atom stereocenters. The van der Waals surface area contributed by atoms with Crippen molar-refractivity contribution in [3.63, 3.8) is 0 Å². The number of hydrogen-bond donors (Lipinski definition) is 1. The molecule has 0 unspecified atom stereocenters. The van der Waals surface area contributed by atoms with Gasteiger partial charge in [0.25, 0.3) is 0 Å². The molecular weight excluding hydrogens is 274 g/mol. The van der Waals surface area contributed by atoms with Crippen LogP contribution in [0.4, 0.5) is 5.82 Å². The number of carboxylic acids is 1. The summed E-state index contributed by atoms with van der Waals surface area (Å²) in [6.45, 7) is 7.41. The molecule has 0 aliphatic carbocycles. The van der Waals surface area contributed by atoms with Gasteiger partial charge in [-0.1, -0.05) is 13.0 Å². The monoisotopic (exact) mass is 291 g/mol. The van der Waals surface area contributed by atoms with E-state index in [9.17, 15) is 4.79 Å². The van der Waals surface area contributed by atoms with E-state index < -0.39 is 5.97 Å².